The van der Waals surface area contributed by atoms with E-state index >= 15 is 0 Å². The highest BCUT2D eigenvalue weighted by molar-refractivity contribution is 5.78. The minimum Gasteiger partial charge on any atom is -0.386 e. The minimum absolute atomic E-state index is 0.128. The Bertz CT molecular complexity index is 217. The first-order chi connectivity index (χ1) is 7.66. The van der Waals surface area contributed by atoms with Gasteiger partial charge < -0.3 is 25.2 Å². The second kappa shape index (κ2) is 6.80. The molecule has 1 heterocycles. The standard InChI is InChI=1S/C10H20N2O4/c1-15-5-3-11-6-9(13)12-7-10(14)2-4-16-8-10/h11,14H,2-8H2,1H3,(H,12,13). The van der Waals surface area contributed by atoms with Crippen molar-refractivity contribution in [2.45, 2.75) is 12.0 Å². The molecule has 0 radical (unpaired) electrons. The molecule has 0 saturated carbocycles. The van der Waals surface area contributed by atoms with E-state index in [4.69, 9.17) is 9.47 Å². The smallest absolute Gasteiger partial charge is 0.234 e. The highest BCUT2D eigenvalue weighted by Gasteiger charge is 2.32. The predicted molar refractivity (Wildman–Crippen MR) is 58.1 cm³/mol. The van der Waals surface area contributed by atoms with Crippen molar-refractivity contribution in [1.29, 1.82) is 0 Å². The van der Waals surface area contributed by atoms with Gasteiger partial charge in [-0.1, -0.05) is 0 Å². The van der Waals surface area contributed by atoms with Gasteiger partial charge in [-0.3, -0.25) is 4.79 Å². The summed E-state index contributed by atoms with van der Waals surface area (Å²) in [5.74, 6) is -0.128. The number of nitrogens with one attached hydrogen (secondary N) is 2. The molecule has 0 aromatic heterocycles. The topological polar surface area (TPSA) is 79.8 Å². The van der Waals surface area contributed by atoms with Crippen LogP contribution in [0.4, 0.5) is 0 Å². The van der Waals surface area contributed by atoms with E-state index in [0.717, 1.165) is 0 Å². The maximum atomic E-state index is 11.3. The minimum atomic E-state index is -0.887. The summed E-state index contributed by atoms with van der Waals surface area (Å²) < 4.78 is 9.90. The summed E-state index contributed by atoms with van der Waals surface area (Å²) >= 11 is 0. The van der Waals surface area contributed by atoms with E-state index in [-0.39, 0.29) is 19.0 Å². The monoisotopic (exact) mass is 232 g/mol. The lowest BCUT2D eigenvalue weighted by Gasteiger charge is -2.20. The quantitative estimate of drug-likeness (QED) is 0.465. The van der Waals surface area contributed by atoms with E-state index in [9.17, 15) is 9.90 Å². The zero-order valence-electron chi connectivity index (χ0n) is 9.62. The van der Waals surface area contributed by atoms with Crippen LogP contribution in [-0.4, -0.2) is 63.2 Å². The number of methoxy groups -OCH3 is 1. The second-order valence-electron chi connectivity index (χ2n) is 3.97. The molecule has 1 aliphatic heterocycles. The molecule has 1 fully saturated rings. The van der Waals surface area contributed by atoms with Crippen LogP contribution in [-0.2, 0) is 14.3 Å². The summed E-state index contributed by atoms with van der Waals surface area (Å²) in [6.07, 6.45) is 0.574. The first-order valence-electron chi connectivity index (χ1n) is 5.43. The molecule has 1 unspecified atom stereocenters. The van der Waals surface area contributed by atoms with Gasteiger partial charge in [0.2, 0.25) is 5.91 Å². The Morgan fingerprint density at radius 3 is 3.06 bits per heavy atom. The van der Waals surface area contributed by atoms with Crippen molar-refractivity contribution in [3.63, 3.8) is 0 Å². The number of carbonyl (C=O) groups excluding carboxylic acids is 1. The lowest BCUT2D eigenvalue weighted by atomic mass is 10.0. The summed E-state index contributed by atoms with van der Waals surface area (Å²) in [4.78, 5) is 11.3. The second-order valence-corrected chi connectivity index (χ2v) is 3.97. The Balaban J connectivity index is 2.05. The van der Waals surface area contributed by atoms with E-state index in [1.54, 1.807) is 7.11 Å². The average Bonchev–Trinajstić information content (AvgIpc) is 2.70. The van der Waals surface area contributed by atoms with Crippen molar-refractivity contribution in [1.82, 2.24) is 10.6 Å². The van der Waals surface area contributed by atoms with E-state index in [1.165, 1.54) is 0 Å². The zero-order valence-corrected chi connectivity index (χ0v) is 9.62. The molecule has 3 N–H and O–H groups in total. The number of aliphatic hydroxyl groups is 1. The van der Waals surface area contributed by atoms with Crippen LogP contribution in [0.2, 0.25) is 0 Å². The molecule has 1 amide bonds. The Kier molecular flexibility index (Phi) is 5.68. The molecule has 1 rings (SSSR count). The molecule has 94 valence electrons. The summed E-state index contributed by atoms with van der Waals surface area (Å²) in [5.41, 5.74) is -0.887. The van der Waals surface area contributed by atoms with Crippen LogP contribution in [0.1, 0.15) is 6.42 Å². The van der Waals surface area contributed by atoms with Gasteiger partial charge in [-0.05, 0) is 0 Å². The molecule has 0 bridgehead atoms. The fourth-order valence-corrected chi connectivity index (χ4v) is 1.44. The number of hydrogen-bond donors (Lipinski definition) is 3. The molecule has 1 saturated heterocycles. The molecule has 0 aromatic rings. The summed E-state index contributed by atoms with van der Waals surface area (Å²) in [7, 11) is 1.61. The molecule has 1 aliphatic rings. The number of carbonyl (C=O) groups is 1. The molecule has 6 heteroatoms. The normalized spacial score (nSPS) is 24.6. The third kappa shape index (κ3) is 4.89. The Hall–Kier alpha value is -0.690. The van der Waals surface area contributed by atoms with Gasteiger partial charge in [0.15, 0.2) is 0 Å². The maximum Gasteiger partial charge on any atom is 0.234 e. The van der Waals surface area contributed by atoms with Gasteiger partial charge >= 0.3 is 0 Å². The summed E-state index contributed by atoms with van der Waals surface area (Å²) in [6, 6.07) is 0. The average molecular weight is 232 g/mol. The molecule has 0 aliphatic carbocycles. The van der Waals surface area contributed by atoms with Gasteiger partial charge in [0.05, 0.1) is 19.8 Å². The SMILES string of the molecule is COCCNCC(=O)NCC1(O)CCOC1. The number of hydrogen-bond acceptors (Lipinski definition) is 5. The maximum absolute atomic E-state index is 11.3. The fourth-order valence-electron chi connectivity index (χ4n) is 1.44. The number of ether oxygens (including phenoxy) is 2. The zero-order chi connectivity index (χ0) is 11.9. The largest absolute Gasteiger partial charge is 0.386 e. The van der Waals surface area contributed by atoms with Crippen LogP contribution < -0.4 is 10.6 Å². The number of amides is 1. The van der Waals surface area contributed by atoms with Crippen LogP contribution in [0.3, 0.4) is 0 Å². The molecule has 6 nitrogen and oxygen atoms in total. The molecule has 1 atom stereocenters. The molecular weight excluding hydrogens is 212 g/mol. The van der Waals surface area contributed by atoms with Gasteiger partial charge in [0.1, 0.15) is 5.60 Å². The van der Waals surface area contributed by atoms with E-state index in [1.807, 2.05) is 0 Å². The van der Waals surface area contributed by atoms with Crippen molar-refractivity contribution >= 4 is 5.91 Å². The van der Waals surface area contributed by atoms with Gasteiger partial charge in [0, 0.05) is 33.2 Å². The third-order valence-electron chi connectivity index (χ3n) is 2.47. The first-order valence-corrected chi connectivity index (χ1v) is 5.43. The van der Waals surface area contributed by atoms with Crippen molar-refractivity contribution in [2.24, 2.45) is 0 Å². The Labute approximate surface area is 95.3 Å². The van der Waals surface area contributed by atoms with Crippen molar-refractivity contribution in [3.8, 4) is 0 Å². The van der Waals surface area contributed by atoms with Gasteiger partial charge in [-0.2, -0.15) is 0 Å². The number of rotatable bonds is 7. The van der Waals surface area contributed by atoms with Gasteiger partial charge in [-0.25, -0.2) is 0 Å². The molecule has 16 heavy (non-hydrogen) atoms. The molecule has 0 aromatic carbocycles. The summed E-state index contributed by atoms with van der Waals surface area (Å²) in [6.45, 7) is 2.54. The van der Waals surface area contributed by atoms with Gasteiger partial charge in [0.25, 0.3) is 0 Å². The Morgan fingerprint density at radius 1 is 1.62 bits per heavy atom. The molecular formula is C10H20N2O4. The summed E-state index contributed by atoms with van der Waals surface area (Å²) in [5, 5.41) is 15.5. The highest BCUT2D eigenvalue weighted by Crippen LogP contribution is 2.16. The van der Waals surface area contributed by atoms with Crippen molar-refractivity contribution in [2.75, 3.05) is 46.6 Å². The molecule has 0 spiro atoms. The van der Waals surface area contributed by atoms with E-state index < -0.39 is 5.60 Å². The van der Waals surface area contributed by atoms with Crippen molar-refractivity contribution < 1.29 is 19.4 Å². The van der Waals surface area contributed by atoms with Gasteiger partial charge in [-0.15, -0.1) is 0 Å². The van der Waals surface area contributed by atoms with Crippen LogP contribution in [0.5, 0.6) is 0 Å². The van der Waals surface area contributed by atoms with Crippen LogP contribution in [0, 0.1) is 0 Å². The first kappa shape index (κ1) is 13.4. The lowest BCUT2D eigenvalue weighted by Crippen LogP contribution is -2.46. The predicted octanol–water partition coefficient (Wildman–Crippen LogP) is -1.51. The van der Waals surface area contributed by atoms with Crippen LogP contribution in [0.25, 0.3) is 0 Å². The van der Waals surface area contributed by atoms with Crippen LogP contribution in [0.15, 0.2) is 0 Å². The third-order valence-corrected chi connectivity index (χ3v) is 2.47. The van der Waals surface area contributed by atoms with Crippen LogP contribution >= 0.6 is 0 Å². The van der Waals surface area contributed by atoms with E-state index in [0.29, 0.717) is 32.8 Å². The fraction of sp³-hybridized carbons (Fsp3) is 0.900. The lowest BCUT2D eigenvalue weighted by molar-refractivity contribution is -0.121. The highest BCUT2D eigenvalue weighted by atomic mass is 16.5. The van der Waals surface area contributed by atoms with E-state index in [2.05, 4.69) is 10.6 Å². The van der Waals surface area contributed by atoms with Crippen molar-refractivity contribution in [3.05, 3.63) is 0 Å². The Morgan fingerprint density at radius 2 is 2.44 bits per heavy atom.